The number of benzene rings is 3. The van der Waals surface area contributed by atoms with E-state index in [1.807, 2.05) is 0 Å². The number of non-ortho nitro benzene ring substituents is 1. The van der Waals surface area contributed by atoms with Gasteiger partial charge in [0.1, 0.15) is 11.5 Å². The number of amides is 2. The smallest absolute Gasteiger partial charge is 0.287 e. The van der Waals surface area contributed by atoms with Gasteiger partial charge in [-0.05, 0) is 42.8 Å². The molecule has 3 aromatic carbocycles. The number of nitrogens with one attached hydrogen (secondary N) is 2. The highest BCUT2D eigenvalue weighted by molar-refractivity contribution is 6.06. The van der Waals surface area contributed by atoms with Crippen molar-refractivity contribution in [1.29, 1.82) is 0 Å². The molecule has 0 aliphatic heterocycles. The van der Waals surface area contributed by atoms with Gasteiger partial charge in [-0.3, -0.25) is 19.7 Å². The van der Waals surface area contributed by atoms with E-state index in [1.54, 1.807) is 43.3 Å². The summed E-state index contributed by atoms with van der Waals surface area (Å²) in [5, 5.41) is 17.5. The monoisotopic (exact) mass is 446 g/mol. The molecule has 0 atom stereocenters. The van der Waals surface area contributed by atoms with Crippen LogP contribution in [0.1, 0.15) is 28.4 Å². The van der Waals surface area contributed by atoms with Gasteiger partial charge in [-0.2, -0.15) is 5.10 Å². The van der Waals surface area contributed by atoms with Crippen molar-refractivity contribution in [2.24, 2.45) is 5.10 Å². The van der Waals surface area contributed by atoms with Crippen LogP contribution in [0.2, 0.25) is 0 Å². The average Bonchev–Trinajstić information content (AvgIpc) is 2.83. The number of hydrazone groups is 1. The van der Waals surface area contributed by atoms with E-state index in [2.05, 4.69) is 15.8 Å². The molecule has 3 aromatic rings. The number of hydrogen-bond acceptors (Lipinski definition) is 5. The number of carbonyl (C=O) groups excluding carboxylic acids is 2. The molecule has 0 aliphatic rings. The minimum absolute atomic E-state index is 0.111. The molecule has 0 spiro atoms. The lowest BCUT2D eigenvalue weighted by atomic mass is 10.1. The Labute approximate surface area is 188 Å². The lowest BCUT2D eigenvalue weighted by molar-refractivity contribution is -0.384. The molecule has 0 aromatic heterocycles. The minimum atomic E-state index is -0.728. The molecular formula is C24H19FN4O4. The molecule has 0 aliphatic carbocycles. The largest absolute Gasteiger partial charge is 0.317 e. The van der Waals surface area contributed by atoms with Crippen molar-refractivity contribution in [1.82, 2.24) is 10.7 Å². The summed E-state index contributed by atoms with van der Waals surface area (Å²) in [6.07, 6.45) is 1.38. The summed E-state index contributed by atoms with van der Waals surface area (Å²) in [4.78, 5) is 35.8. The Morgan fingerprint density at radius 1 is 0.970 bits per heavy atom. The second-order valence-electron chi connectivity index (χ2n) is 6.88. The SMILES string of the molecule is C/C(=N\NC(=O)/C(=C\c1ccc(F)cc1)NC(=O)c1ccccc1)c1cccc([N+](=O)[O-])c1. The predicted octanol–water partition coefficient (Wildman–Crippen LogP) is 4.05. The Balaban J connectivity index is 1.84. The van der Waals surface area contributed by atoms with Crippen LogP contribution < -0.4 is 10.7 Å². The fourth-order valence-corrected chi connectivity index (χ4v) is 2.77. The maximum atomic E-state index is 13.2. The van der Waals surface area contributed by atoms with Crippen molar-refractivity contribution in [3.63, 3.8) is 0 Å². The molecule has 0 radical (unpaired) electrons. The van der Waals surface area contributed by atoms with Crippen molar-refractivity contribution in [2.75, 3.05) is 0 Å². The summed E-state index contributed by atoms with van der Waals surface area (Å²) < 4.78 is 13.2. The highest BCUT2D eigenvalue weighted by Crippen LogP contribution is 2.14. The van der Waals surface area contributed by atoms with Gasteiger partial charge in [0, 0.05) is 23.3 Å². The second kappa shape index (κ2) is 10.6. The maximum Gasteiger partial charge on any atom is 0.287 e. The van der Waals surface area contributed by atoms with Crippen molar-refractivity contribution in [2.45, 2.75) is 6.92 Å². The number of carbonyl (C=O) groups is 2. The van der Waals surface area contributed by atoms with E-state index in [-0.39, 0.29) is 11.4 Å². The number of nitro benzene ring substituents is 1. The summed E-state index contributed by atoms with van der Waals surface area (Å²) >= 11 is 0. The van der Waals surface area contributed by atoms with E-state index in [0.29, 0.717) is 22.4 Å². The summed E-state index contributed by atoms with van der Waals surface area (Å²) in [6.45, 7) is 1.57. The van der Waals surface area contributed by atoms with E-state index in [9.17, 15) is 24.1 Å². The van der Waals surface area contributed by atoms with E-state index >= 15 is 0 Å². The number of nitro groups is 1. The average molecular weight is 446 g/mol. The number of halogens is 1. The summed E-state index contributed by atoms with van der Waals surface area (Å²) in [6, 6.07) is 19.5. The standard InChI is InChI=1S/C24H19FN4O4/c1-16(19-8-5-9-21(15-19)29(32)33)27-28-24(31)22(14-17-10-12-20(25)13-11-17)26-23(30)18-6-3-2-4-7-18/h2-15H,1H3,(H,26,30)(H,28,31)/b22-14+,27-16+. The lowest BCUT2D eigenvalue weighted by Crippen LogP contribution is -2.33. The van der Waals surface area contributed by atoms with Gasteiger partial charge in [0.15, 0.2) is 0 Å². The molecule has 0 saturated heterocycles. The fourth-order valence-electron chi connectivity index (χ4n) is 2.77. The van der Waals surface area contributed by atoms with E-state index in [1.165, 1.54) is 48.5 Å². The molecule has 0 saturated carbocycles. The highest BCUT2D eigenvalue weighted by atomic mass is 19.1. The molecule has 3 rings (SSSR count). The molecule has 33 heavy (non-hydrogen) atoms. The molecule has 9 heteroatoms. The molecule has 2 N–H and O–H groups in total. The Morgan fingerprint density at radius 2 is 1.64 bits per heavy atom. The molecule has 8 nitrogen and oxygen atoms in total. The summed E-state index contributed by atoms with van der Waals surface area (Å²) in [5.41, 5.74) is 3.70. The first-order valence-electron chi connectivity index (χ1n) is 9.76. The van der Waals surface area contributed by atoms with Crippen LogP contribution in [0.5, 0.6) is 0 Å². The number of hydrogen-bond donors (Lipinski definition) is 2. The van der Waals surface area contributed by atoms with Crippen LogP contribution in [-0.4, -0.2) is 22.4 Å². The van der Waals surface area contributed by atoms with Gasteiger partial charge in [-0.1, -0.05) is 42.5 Å². The molecule has 0 fully saturated rings. The van der Waals surface area contributed by atoms with Gasteiger partial charge in [0.05, 0.1) is 10.6 Å². The van der Waals surface area contributed by atoms with Crippen LogP contribution in [0.15, 0.2) is 89.7 Å². The fraction of sp³-hybridized carbons (Fsp3) is 0.0417. The van der Waals surface area contributed by atoms with Gasteiger partial charge in [-0.15, -0.1) is 0 Å². The van der Waals surface area contributed by atoms with Gasteiger partial charge >= 0.3 is 0 Å². The quantitative estimate of drug-likeness (QED) is 0.247. The van der Waals surface area contributed by atoms with Gasteiger partial charge in [0.2, 0.25) is 0 Å². The van der Waals surface area contributed by atoms with Gasteiger partial charge in [-0.25, -0.2) is 9.82 Å². The van der Waals surface area contributed by atoms with Crippen molar-refractivity contribution < 1.29 is 18.9 Å². The van der Waals surface area contributed by atoms with Gasteiger partial charge < -0.3 is 5.32 Å². The zero-order valence-electron chi connectivity index (χ0n) is 17.5. The molecule has 0 heterocycles. The topological polar surface area (TPSA) is 114 Å². The van der Waals surface area contributed by atoms with E-state index in [4.69, 9.17) is 0 Å². The Bertz CT molecular complexity index is 1240. The molecule has 2 amide bonds. The van der Waals surface area contributed by atoms with Crippen LogP contribution in [0.25, 0.3) is 6.08 Å². The molecular weight excluding hydrogens is 427 g/mol. The van der Waals surface area contributed by atoms with Crippen molar-refractivity contribution in [3.8, 4) is 0 Å². The maximum absolute atomic E-state index is 13.2. The predicted molar refractivity (Wildman–Crippen MR) is 122 cm³/mol. The zero-order valence-corrected chi connectivity index (χ0v) is 17.5. The van der Waals surface area contributed by atoms with Crippen molar-refractivity contribution >= 4 is 29.3 Å². The Hall–Kier alpha value is -4.66. The van der Waals surface area contributed by atoms with Crippen LogP contribution in [0.3, 0.4) is 0 Å². The molecule has 0 bridgehead atoms. The summed E-state index contributed by atoms with van der Waals surface area (Å²) in [5.74, 6) is -1.68. The second-order valence-corrected chi connectivity index (χ2v) is 6.88. The number of rotatable bonds is 7. The normalized spacial score (nSPS) is 11.6. The van der Waals surface area contributed by atoms with Crippen LogP contribution in [0.4, 0.5) is 10.1 Å². The first-order chi connectivity index (χ1) is 15.8. The Kier molecular flexibility index (Phi) is 7.38. The van der Waals surface area contributed by atoms with Gasteiger partial charge in [0.25, 0.3) is 17.5 Å². The van der Waals surface area contributed by atoms with Crippen LogP contribution in [-0.2, 0) is 4.79 Å². The minimum Gasteiger partial charge on any atom is -0.317 e. The highest BCUT2D eigenvalue weighted by Gasteiger charge is 2.15. The first kappa shape index (κ1) is 23.0. The Morgan fingerprint density at radius 3 is 2.30 bits per heavy atom. The first-order valence-corrected chi connectivity index (χ1v) is 9.76. The van der Waals surface area contributed by atoms with E-state index < -0.39 is 22.6 Å². The lowest BCUT2D eigenvalue weighted by Gasteiger charge is -2.10. The van der Waals surface area contributed by atoms with Crippen LogP contribution >= 0.6 is 0 Å². The molecule has 166 valence electrons. The third-order valence-electron chi connectivity index (χ3n) is 4.51. The number of nitrogens with zero attached hydrogens (tertiary/aromatic N) is 2. The van der Waals surface area contributed by atoms with Crippen LogP contribution in [0, 0.1) is 15.9 Å². The summed E-state index contributed by atoms with van der Waals surface area (Å²) in [7, 11) is 0. The molecule has 0 unspecified atom stereocenters. The third-order valence-corrected chi connectivity index (χ3v) is 4.51. The third kappa shape index (κ3) is 6.41. The van der Waals surface area contributed by atoms with E-state index in [0.717, 1.165) is 0 Å². The van der Waals surface area contributed by atoms with Crippen molar-refractivity contribution in [3.05, 3.63) is 117 Å². The zero-order chi connectivity index (χ0) is 23.8.